The smallest absolute Gasteiger partial charge is 0.305 e. The third-order valence-electron chi connectivity index (χ3n) is 2.49. The number of ether oxygens (including phenoxy) is 2. The molecule has 0 unspecified atom stereocenters. The van der Waals surface area contributed by atoms with E-state index in [0.717, 1.165) is 24.2 Å². The van der Waals surface area contributed by atoms with Crippen molar-refractivity contribution in [1.82, 2.24) is 0 Å². The molecule has 0 fully saturated rings. The molecule has 2 N–H and O–H groups in total. The Morgan fingerprint density at radius 2 is 2.18 bits per heavy atom. The lowest BCUT2D eigenvalue weighted by molar-refractivity contribution is -0.143. The molecule has 1 aromatic carbocycles. The van der Waals surface area contributed by atoms with Crippen LogP contribution in [0.2, 0.25) is 0 Å². The van der Waals surface area contributed by atoms with Crippen molar-refractivity contribution in [3.05, 3.63) is 23.8 Å². The van der Waals surface area contributed by atoms with E-state index in [2.05, 4.69) is 0 Å². The van der Waals surface area contributed by atoms with Crippen LogP contribution in [-0.2, 0) is 16.0 Å². The van der Waals surface area contributed by atoms with Gasteiger partial charge in [-0.1, -0.05) is 6.07 Å². The van der Waals surface area contributed by atoms with Crippen molar-refractivity contribution >= 4 is 11.7 Å². The molecule has 0 bridgehead atoms. The number of nitrogens with two attached hydrogens (primary N) is 1. The highest BCUT2D eigenvalue weighted by atomic mass is 16.5. The van der Waals surface area contributed by atoms with Gasteiger partial charge in [0.25, 0.3) is 0 Å². The largest absolute Gasteiger partial charge is 0.497 e. The topological polar surface area (TPSA) is 61.5 Å². The first-order valence-electron chi connectivity index (χ1n) is 5.75. The average Bonchev–Trinajstić information content (AvgIpc) is 2.31. The van der Waals surface area contributed by atoms with Crippen LogP contribution in [0.15, 0.2) is 18.2 Å². The number of carbonyl (C=O) groups is 1. The number of aryl methyl sites for hydroxylation is 1. The Morgan fingerprint density at radius 1 is 1.41 bits per heavy atom. The van der Waals surface area contributed by atoms with E-state index in [1.165, 1.54) is 0 Å². The van der Waals surface area contributed by atoms with Crippen molar-refractivity contribution in [3.63, 3.8) is 0 Å². The van der Waals surface area contributed by atoms with E-state index in [4.69, 9.17) is 15.2 Å². The molecule has 4 heteroatoms. The average molecular weight is 237 g/mol. The number of methoxy groups -OCH3 is 1. The van der Waals surface area contributed by atoms with E-state index in [9.17, 15) is 4.79 Å². The van der Waals surface area contributed by atoms with Crippen LogP contribution in [0.3, 0.4) is 0 Å². The normalized spacial score (nSPS) is 10.0. The molecular weight excluding hydrogens is 218 g/mol. The second-order valence-electron chi connectivity index (χ2n) is 3.72. The van der Waals surface area contributed by atoms with Gasteiger partial charge in [0, 0.05) is 18.2 Å². The van der Waals surface area contributed by atoms with Crippen molar-refractivity contribution in [2.45, 2.75) is 26.2 Å². The molecule has 0 aromatic heterocycles. The van der Waals surface area contributed by atoms with Crippen LogP contribution < -0.4 is 10.5 Å². The Morgan fingerprint density at radius 3 is 2.76 bits per heavy atom. The molecule has 17 heavy (non-hydrogen) atoms. The predicted octanol–water partition coefficient (Wildman–Crippen LogP) is 2.16. The molecule has 0 heterocycles. The number of benzene rings is 1. The van der Waals surface area contributed by atoms with Gasteiger partial charge in [0.05, 0.1) is 13.7 Å². The van der Waals surface area contributed by atoms with Gasteiger partial charge in [-0.3, -0.25) is 4.79 Å². The van der Waals surface area contributed by atoms with Crippen LogP contribution in [0, 0.1) is 0 Å². The van der Waals surface area contributed by atoms with E-state index in [1.807, 2.05) is 12.1 Å². The number of hydrogen-bond acceptors (Lipinski definition) is 4. The Labute approximate surface area is 102 Å². The first kappa shape index (κ1) is 13.4. The monoisotopic (exact) mass is 237 g/mol. The second kappa shape index (κ2) is 6.78. The Hall–Kier alpha value is -1.71. The number of hydrogen-bond donors (Lipinski definition) is 1. The van der Waals surface area contributed by atoms with E-state index in [0.29, 0.717) is 18.7 Å². The van der Waals surface area contributed by atoms with Gasteiger partial charge in [-0.25, -0.2) is 0 Å². The van der Waals surface area contributed by atoms with E-state index in [1.54, 1.807) is 20.1 Å². The number of esters is 1. The molecule has 0 amide bonds. The summed E-state index contributed by atoms with van der Waals surface area (Å²) in [4.78, 5) is 11.1. The first-order valence-corrected chi connectivity index (χ1v) is 5.75. The highest BCUT2D eigenvalue weighted by Gasteiger charge is 2.04. The predicted molar refractivity (Wildman–Crippen MR) is 67.0 cm³/mol. The summed E-state index contributed by atoms with van der Waals surface area (Å²) in [6.45, 7) is 2.24. The highest BCUT2D eigenvalue weighted by molar-refractivity contribution is 5.69. The molecule has 0 aliphatic rings. The quantitative estimate of drug-likeness (QED) is 0.608. The minimum Gasteiger partial charge on any atom is -0.497 e. The SMILES string of the molecule is CCOC(=O)CCCc1ccc(OC)cc1N. The summed E-state index contributed by atoms with van der Waals surface area (Å²) in [6.07, 6.45) is 1.95. The van der Waals surface area contributed by atoms with Gasteiger partial charge < -0.3 is 15.2 Å². The van der Waals surface area contributed by atoms with Gasteiger partial charge in [0.15, 0.2) is 0 Å². The van der Waals surface area contributed by atoms with Crippen LogP contribution >= 0.6 is 0 Å². The van der Waals surface area contributed by atoms with Crippen LogP contribution in [0.25, 0.3) is 0 Å². The van der Waals surface area contributed by atoms with Crippen LogP contribution in [-0.4, -0.2) is 19.7 Å². The highest BCUT2D eigenvalue weighted by Crippen LogP contribution is 2.21. The molecule has 1 aromatic rings. The minimum atomic E-state index is -0.153. The van der Waals surface area contributed by atoms with Crippen molar-refractivity contribution in [1.29, 1.82) is 0 Å². The van der Waals surface area contributed by atoms with Crippen molar-refractivity contribution in [2.24, 2.45) is 0 Å². The Balaban J connectivity index is 2.44. The Bertz CT molecular complexity index is 377. The number of anilines is 1. The third-order valence-corrected chi connectivity index (χ3v) is 2.49. The second-order valence-corrected chi connectivity index (χ2v) is 3.72. The molecule has 4 nitrogen and oxygen atoms in total. The van der Waals surface area contributed by atoms with Gasteiger partial charge in [-0.15, -0.1) is 0 Å². The summed E-state index contributed by atoms with van der Waals surface area (Å²) in [5.41, 5.74) is 7.62. The third kappa shape index (κ3) is 4.34. The van der Waals surface area contributed by atoms with Crippen LogP contribution in [0.1, 0.15) is 25.3 Å². The maximum Gasteiger partial charge on any atom is 0.305 e. The minimum absolute atomic E-state index is 0.153. The van der Waals surface area contributed by atoms with Crippen molar-refractivity contribution < 1.29 is 14.3 Å². The zero-order valence-corrected chi connectivity index (χ0v) is 10.4. The molecule has 0 spiro atoms. The van der Waals surface area contributed by atoms with Crippen molar-refractivity contribution in [2.75, 3.05) is 19.5 Å². The summed E-state index contributed by atoms with van der Waals surface area (Å²) < 4.78 is 9.93. The summed E-state index contributed by atoms with van der Waals surface area (Å²) in [6, 6.07) is 5.59. The van der Waals surface area contributed by atoms with Gasteiger partial charge >= 0.3 is 5.97 Å². The zero-order chi connectivity index (χ0) is 12.7. The van der Waals surface area contributed by atoms with Crippen LogP contribution in [0.4, 0.5) is 5.69 Å². The summed E-state index contributed by atoms with van der Waals surface area (Å²) in [5.74, 6) is 0.594. The van der Waals surface area contributed by atoms with Gasteiger partial charge in [0.2, 0.25) is 0 Å². The van der Waals surface area contributed by atoms with Gasteiger partial charge in [0.1, 0.15) is 5.75 Å². The summed E-state index contributed by atoms with van der Waals surface area (Å²) in [5, 5.41) is 0. The first-order chi connectivity index (χ1) is 8.17. The fourth-order valence-corrected chi connectivity index (χ4v) is 1.58. The lowest BCUT2D eigenvalue weighted by Crippen LogP contribution is -2.04. The van der Waals surface area contributed by atoms with E-state index >= 15 is 0 Å². The molecule has 1 rings (SSSR count). The van der Waals surface area contributed by atoms with Gasteiger partial charge in [-0.05, 0) is 31.4 Å². The summed E-state index contributed by atoms with van der Waals surface area (Å²) in [7, 11) is 1.61. The van der Waals surface area contributed by atoms with Crippen molar-refractivity contribution in [3.8, 4) is 5.75 Å². The fraction of sp³-hybridized carbons (Fsp3) is 0.462. The van der Waals surface area contributed by atoms with Gasteiger partial charge in [-0.2, -0.15) is 0 Å². The van der Waals surface area contributed by atoms with E-state index in [-0.39, 0.29) is 5.97 Å². The molecule has 0 saturated heterocycles. The molecule has 0 atom stereocenters. The Kier molecular flexibility index (Phi) is 5.33. The molecular formula is C13H19NO3. The molecule has 0 aliphatic carbocycles. The standard InChI is InChI=1S/C13H19NO3/c1-3-17-13(15)6-4-5-10-7-8-11(16-2)9-12(10)14/h7-9H,3-6,14H2,1-2H3. The maximum atomic E-state index is 11.1. The number of carbonyl (C=O) groups excluding carboxylic acids is 1. The fourth-order valence-electron chi connectivity index (χ4n) is 1.58. The lowest BCUT2D eigenvalue weighted by Gasteiger charge is -2.07. The molecule has 0 saturated carbocycles. The number of nitrogen functional groups attached to an aromatic ring is 1. The maximum absolute atomic E-state index is 11.1. The zero-order valence-electron chi connectivity index (χ0n) is 10.4. The van der Waals surface area contributed by atoms with E-state index < -0.39 is 0 Å². The lowest BCUT2D eigenvalue weighted by atomic mass is 10.1. The summed E-state index contributed by atoms with van der Waals surface area (Å²) >= 11 is 0. The van der Waals surface area contributed by atoms with Crippen LogP contribution in [0.5, 0.6) is 5.75 Å². The molecule has 0 radical (unpaired) electrons. The number of rotatable bonds is 6. The molecule has 0 aliphatic heterocycles. The molecule has 94 valence electrons.